The van der Waals surface area contributed by atoms with E-state index in [1.54, 1.807) is 0 Å². The van der Waals surface area contributed by atoms with E-state index < -0.39 is 34.6 Å². The molecule has 3 rings (SSSR count). The molecular weight excluding hydrogens is 445 g/mol. The fourth-order valence-electron chi connectivity index (χ4n) is 3.73. The third-order valence-electron chi connectivity index (χ3n) is 5.76. The second kappa shape index (κ2) is 10.3. The van der Waals surface area contributed by atoms with Gasteiger partial charge in [-0.1, -0.05) is 19.1 Å². The van der Waals surface area contributed by atoms with Crippen LogP contribution in [0.4, 0.5) is 13.2 Å². The standard InChI is InChI=1S/C22H27F3N2O4S/c1-2-22(24,25)31-18-14-16(8-9-17(18)23)21(11-12-21)27-32(30)13-5-3-4-6-15-7-10-19(28)26-20(15)29/h2,8-9,14-15,27H,1,3-7,10-13H2,(H,26,28,29). The molecule has 2 fully saturated rings. The van der Waals surface area contributed by atoms with Gasteiger partial charge in [-0.25, -0.2) is 4.39 Å². The lowest BCUT2D eigenvalue weighted by atomic mass is 9.92. The van der Waals surface area contributed by atoms with E-state index in [4.69, 9.17) is 0 Å². The molecule has 1 heterocycles. The monoisotopic (exact) mass is 472 g/mol. The molecule has 2 amide bonds. The Kier molecular flexibility index (Phi) is 7.89. The van der Waals surface area contributed by atoms with Crippen molar-refractivity contribution in [3.05, 3.63) is 42.2 Å². The zero-order valence-electron chi connectivity index (χ0n) is 17.6. The lowest BCUT2D eigenvalue weighted by molar-refractivity contribution is -0.136. The molecular formula is C22H27F3N2O4S. The number of benzene rings is 1. The number of imide groups is 1. The van der Waals surface area contributed by atoms with Crippen LogP contribution in [-0.4, -0.2) is 28.2 Å². The van der Waals surface area contributed by atoms with Gasteiger partial charge in [-0.2, -0.15) is 8.78 Å². The largest absolute Gasteiger partial charge is 0.598 e. The van der Waals surface area contributed by atoms with Crippen molar-refractivity contribution in [3.63, 3.8) is 0 Å². The minimum absolute atomic E-state index is 0.144. The quantitative estimate of drug-likeness (QED) is 0.209. The molecule has 2 N–H and O–H groups in total. The molecule has 2 unspecified atom stereocenters. The van der Waals surface area contributed by atoms with Gasteiger partial charge in [0.25, 0.3) is 0 Å². The van der Waals surface area contributed by atoms with Crippen molar-refractivity contribution in [2.24, 2.45) is 5.92 Å². The number of alkyl halides is 2. The predicted molar refractivity (Wildman–Crippen MR) is 114 cm³/mol. The van der Waals surface area contributed by atoms with E-state index in [2.05, 4.69) is 21.4 Å². The van der Waals surface area contributed by atoms with Crippen molar-refractivity contribution in [2.45, 2.75) is 63.0 Å². The lowest BCUT2D eigenvalue weighted by Gasteiger charge is -2.22. The summed E-state index contributed by atoms with van der Waals surface area (Å²) in [5, 5.41) is 2.34. The molecule has 1 aliphatic carbocycles. The highest BCUT2D eigenvalue weighted by Gasteiger charge is 2.48. The number of halogens is 3. The van der Waals surface area contributed by atoms with Crippen LogP contribution < -0.4 is 14.8 Å². The molecule has 1 aromatic carbocycles. The molecule has 0 aromatic heterocycles. The van der Waals surface area contributed by atoms with Gasteiger partial charge >= 0.3 is 6.11 Å². The number of piperidine rings is 1. The van der Waals surface area contributed by atoms with E-state index in [0.29, 0.717) is 55.9 Å². The third kappa shape index (κ3) is 6.49. The summed E-state index contributed by atoms with van der Waals surface area (Å²) in [6.45, 7) is 2.97. The van der Waals surface area contributed by atoms with Gasteiger partial charge in [0.2, 0.25) is 11.8 Å². The summed E-state index contributed by atoms with van der Waals surface area (Å²) in [4.78, 5) is 22.9. The number of carbonyl (C=O) groups is 2. The van der Waals surface area contributed by atoms with E-state index in [0.717, 1.165) is 18.9 Å². The number of amides is 2. The highest BCUT2D eigenvalue weighted by Crippen LogP contribution is 2.47. The maximum absolute atomic E-state index is 13.9. The fourth-order valence-corrected chi connectivity index (χ4v) is 5.05. The molecule has 0 radical (unpaired) electrons. The summed E-state index contributed by atoms with van der Waals surface area (Å²) >= 11 is -1.35. The van der Waals surface area contributed by atoms with Crippen molar-refractivity contribution >= 4 is 23.2 Å². The van der Waals surface area contributed by atoms with Crippen molar-refractivity contribution in [1.82, 2.24) is 10.0 Å². The Bertz CT molecular complexity index is 864. The van der Waals surface area contributed by atoms with Gasteiger partial charge in [0.05, 0.1) is 5.54 Å². The molecule has 1 saturated heterocycles. The third-order valence-corrected chi connectivity index (χ3v) is 7.04. The molecule has 176 valence electrons. The van der Waals surface area contributed by atoms with Crippen LogP contribution in [-0.2, 0) is 26.5 Å². The zero-order chi connectivity index (χ0) is 23.4. The highest BCUT2D eigenvalue weighted by atomic mass is 32.2. The molecule has 0 spiro atoms. The first kappa shape index (κ1) is 24.6. The van der Waals surface area contributed by atoms with E-state index in [9.17, 15) is 27.3 Å². The Hall–Kier alpha value is -2.04. The minimum Gasteiger partial charge on any atom is -0.598 e. The number of hydrogen-bond acceptors (Lipinski definition) is 5. The summed E-state index contributed by atoms with van der Waals surface area (Å²) in [6, 6.07) is 3.75. The molecule has 6 nitrogen and oxygen atoms in total. The van der Waals surface area contributed by atoms with Crippen LogP contribution in [0, 0.1) is 11.7 Å². The summed E-state index contributed by atoms with van der Waals surface area (Å²) in [5.74, 6) is -1.68. The van der Waals surface area contributed by atoms with E-state index >= 15 is 0 Å². The molecule has 2 aliphatic rings. The molecule has 1 aliphatic heterocycles. The first-order chi connectivity index (χ1) is 15.1. The van der Waals surface area contributed by atoms with Crippen molar-refractivity contribution in [2.75, 3.05) is 5.75 Å². The van der Waals surface area contributed by atoms with Gasteiger partial charge < -0.3 is 9.29 Å². The van der Waals surface area contributed by atoms with Crippen LogP contribution in [0.5, 0.6) is 5.75 Å². The summed E-state index contributed by atoms with van der Waals surface area (Å²) < 4.78 is 60.7. The van der Waals surface area contributed by atoms with Crippen LogP contribution in [0.2, 0.25) is 0 Å². The van der Waals surface area contributed by atoms with E-state index in [1.807, 2.05) is 0 Å². The average Bonchev–Trinajstić information content (AvgIpc) is 3.51. The highest BCUT2D eigenvalue weighted by molar-refractivity contribution is 7.89. The van der Waals surface area contributed by atoms with Crippen LogP contribution in [0.15, 0.2) is 30.9 Å². The number of unbranched alkanes of at least 4 members (excludes halogenated alkanes) is 2. The molecule has 1 saturated carbocycles. The van der Waals surface area contributed by atoms with Crippen molar-refractivity contribution in [1.29, 1.82) is 0 Å². The molecule has 32 heavy (non-hydrogen) atoms. The Morgan fingerprint density at radius 1 is 1.31 bits per heavy atom. The Balaban J connectivity index is 1.45. The van der Waals surface area contributed by atoms with E-state index in [-0.39, 0.29) is 17.7 Å². The van der Waals surface area contributed by atoms with Gasteiger partial charge in [-0.3, -0.25) is 14.9 Å². The predicted octanol–water partition coefficient (Wildman–Crippen LogP) is 3.84. The van der Waals surface area contributed by atoms with Gasteiger partial charge in [-0.05, 0) is 56.2 Å². The first-order valence-electron chi connectivity index (χ1n) is 10.6. The Morgan fingerprint density at radius 2 is 2.06 bits per heavy atom. The fraction of sp³-hybridized carbons (Fsp3) is 0.545. The molecule has 2 atom stereocenters. The van der Waals surface area contributed by atoms with Gasteiger partial charge in [-0.15, -0.1) is 4.72 Å². The van der Waals surface area contributed by atoms with Crippen LogP contribution in [0.25, 0.3) is 0 Å². The van der Waals surface area contributed by atoms with Gasteiger partial charge in [0.15, 0.2) is 11.6 Å². The minimum atomic E-state index is -3.69. The Labute approximate surface area is 188 Å². The lowest BCUT2D eigenvalue weighted by Crippen LogP contribution is -2.40. The zero-order valence-corrected chi connectivity index (χ0v) is 18.4. The smallest absolute Gasteiger partial charge is 0.419 e. The number of rotatable bonds is 12. The maximum Gasteiger partial charge on any atom is 0.419 e. The second-order valence-corrected chi connectivity index (χ2v) is 9.55. The van der Waals surface area contributed by atoms with Crippen molar-refractivity contribution < 1.29 is 32.0 Å². The summed E-state index contributed by atoms with van der Waals surface area (Å²) in [7, 11) is 0. The van der Waals surface area contributed by atoms with Crippen LogP contribution in [0.3, 0.4) is 0 Å². The maximum atomic E-state index is 13.9. The van der Waals surface area contributed by atoms with E-state index in [1.165, 1.54) is 12.1 Å². The Morgan fingerprint density at radius 3 is 2.72 bits per heavy atom. The molecule has 10 heteroatoms. The number of carbonyl (C=O) groups excluding carboxylic acids is 2. The second-order valence-electron chi connectivity index (χ2n) is 8.24. The number of hydrogen-bond donors (Lipinski definition) is 2. The van der Waals surface area contributed by atoms with Gasteiger partial charge in [0, 0.05) is 29.8 Å². The molecule has 1 aromatic rings. The van der Waals surface area contributed by atoms with Crippen LogP contribution >= 0.6 is 0 Å². The van der Waals surface area contributed by atoms with Crippen molar-refractivity contribution in [3.8, 4) is 5.75 Å². The average molecular weight is 473 g/mol. The van der Waals surface area contributed by atoms with Gasteiger partial charge in [0.1, 0.15) is 5.75 Å². The number of ether oxygens (including phenoxy) is 1. The topological polar surface area (TPSA) is 90.5 Å². The number of nitrogens with one attached hydrogen (secondary N) is 2. The molecule has 0 bridgehead atoms. The normalized spacial score (nSPS) is 21.1. The summed E-state index contributed by atoms with van der Waals surface area (Å²) in [5.41, 5.74) is -0.104. The first-order valence-corrected chi connectivity index (χ1v) is 12.0. The SMILES string of the molecule is C=CC(F)(F)Oc1cc(C2(N[S+]([O-])CCCCCC3CCC(=O)NC3=O)CC2)ccc1F. The van der Waals surface area contributed by atoms with Crippen LogP contribution in [0.1, 0.15) is 56.9 Å². The summed E-state index contributed by atoms with van der Waals surface area (Å²) in [6.07, 6.45) is 1.81.